The summed E-state index contributed by atoms with van der Waals surface area (Å²) in [4.78, 5) is 17.1. The monoisotopic (exact) mass is 417 g/mol. The van der Waals surface area contributed by atoms with Crippen molar-refractivity contribution in [3.63, 3.8) is 0 Å². The van der Waals surface area contributed by atoms with E-state index in [1.54, 1.807) is 48.7 Å². The summed E-state index contributed by atoms with van der Waals surface area (Å²) in [6.45, 7) is 0.150. The van der Waals surface area contributed by atoms with Gasteiger partial charge in [0, 0.05) is 18.1 Å². The predicted molar refractivity (Wildman–Crippen MR) is 117 cm³/mol. The van der Waals surface area contributed by atoms with Gasteiger partial charge in [0.2, 0.25) is 0 Å². The van der Waals surface area contributed by atoms with Crippen LogP contribution in [0, 0.1) is 0 Å². The zero-order chi connectivity index (χ0) is 21.0. The number of amides is 1. The lowest BCUT2D eigenvalue weighted by atomic mass is 10.1. The largest absolute Gasteiger partial charge is 0.347 e. The number of fused-ring (bicyclic) bond motifs is 1. The number of pyridine rings is 1. The number of hydrogen-bond donors (Lipinski definition) is 2. The molecule has 4 rings (SSSR count). The Balaban J connectivity index is 1.54. The molecule has 2 N–H and O–H groups in total. The maximum absolute atomic E-state index is 12.7. The number of carbonyl (C=O) groups excluding carboxylic acids is 1. The molecule has 0 aliphatic carbocycles. The Morgan fingerprint density at radius 3 is 2.37 bits per heavy atom. The maximum atomic E-state index is 12.7. The molecular formula is C23H19N3O3S. The lowest BCUT2D eigenvalue weighted by Gasteiger charge is -2.13. The van der Waals surface area contributed by atoms with Gasteiger partial charge in [0.15, 0.2) is 0 Å². The quantitative estimate of drug-likeness (QED) is 0.497. The first-order chi connectivity index (χ1) is 14.5. The number of benzene rings is 3. The molecule has 1 heterocycles. The summed E-state index contributed by atoms with van der Waals surface area (Å²) in [6, 6.07) is 24.5. The number of carbonyl (C=O) groups is 1. The molecule has 0 unspecified atom stereocenters. The molecule has 150 valence electrons. The molecule has 7 heteroatoms. The molecule has 0 saturated carbocycles. The van der Waals surface area contributed by atoms with Gasteiger partial charge in [0.1, 0.15) is 5.69 Å². The Labute approximate surface area is 174 Å². The first-order valence-corrected chi connectivity index (χ1v) is 10.8. The Hall–Kier alpha value is -3.71. The molecule has 0 radical (unpaired) electrons. The van der Waals surface area contributed by atoms with Crippen molar-refractivity contribution in [2.45, 2.75) is 11.4 Å². The zero-order valence-corrected chi connectivity index (χ0v) is 16.8. The van der Waals surface area contributed by atoms with Crippen LogP contribution in [-0.4, -0.2) is 19.3 Å². The van der Waals surface area contributed by atoms with E-state index < -0.39 is 10.0 Å². The SMILES string of the molecule is O=C(NCc1ccccc1NS(=O)(=O)c1ccccc1)c1nccc2ccccc12. The topological polar surface area (TPSA) is 88.2 Å². The van der Waals surface area contributed by atoms with Crippen molar-refractivity contribution >= 4 is 32.4 Å². The Bertz CT molecular complexity index is 1300. The van der Waals surface area contributed by atoms with E-state index in [0.29, 0.717) is 16.9 Å². The van der Waals surface area contributed by atoms with Gasteiger partial charge in [-0.3, -0.25) is 14.5 Å². The molecule has 0 saturated heterocycles. The smallest absolute Gasteiger partial charge is 0.270 e. The van der Waals surface area contributed by atoms with Crippen molar-refractivity contribution < 1.29 is 13.2 Å². The van der Waals surface area contributed by atoms with E-state index >= 15 is 0 Å². The molecule has 0 fully saturated rings. The maximum Gasteiger partial charge on any atom is 0.270 e. The van der Waals surface area contributed by atoms with Crippen LogP contribution in [-0.2, 0) is 16.6 Å². The highest BCUT2D eigenvalue weighted by Crippen LogP contribution is 2.21. The summed E-state index contributed by atoms with van der Waals surface area (Å²) in [7, 11) is -3.73. The van der Waals surface area contributed by atoms with E-state index in [2.05, 4.69) is 15.0 Å². The number of aromatic nitrogens is 1. The third-order valence-electron chi connectivity index (χ3n) is 4.64. The van der Waals surface area contributed by atoms with Crippen LogP contribution >= 0.6 is 0 Å². The summed E-state index contributed by atoms with van der Waals surface area (Å²) < 4.78 is 27.9. The molecular weight excluding hydrogens is 398 g/mol. The summed E-state index contributed by atoms with van der Waals surface area (Å²) in [5.74, 6) is -0.326. The van der Waals surface area contributed by atoms with E-state index in [1.807, 2.05) is 30.3 Å². The van der Waals surface area contributed by atoms with Gasteiger partial charge in [-0.05, 0) is 35.2 Å². The fourth-order valence-electron chi connectivity index (χ4n) is 3.14. The molecule has 1 aromatic heterocycles. The van der Waals surface area contributed by atoms with Gasteiger partial charge >= 0.3 is 0 Å². The van der Waals surface area contributed by atoms with Crippen molar-refractivity contribution in [1.82, 2.24) is 10.3 Å². The average molecular weight is 417 g/mol. The lowest BCUT2D eigenvalue weighted by Crippen LogP contribution is -2.25. The number of para-hydroxylation sites is 1. The number of anilines is 1. The van der Waals surface area contributed by atoms with Crippen LogP contribution in [0.25, 0.3) is 10.8 Å². The molecule has 0 bridgehead atoms. The number of rotatable bonds is 6. The van der Waals surface area contributed by atoms with Crippen molar-refractivity contribution in [3.8, 4) is 0 Å². The summed E-state index contributed by atoms with van der Waals surface area (Å²) in [6.07, 6.45) is 1.60. The van der Waals surface area contributed by atoms with Crippen molar-refractivity contribution in [3.05, 3.63) is 102 Å². The van der Waals surface area contributed by atoms with E-state index in [-0.39, 0.29) is 17.3 Å². The van der Waals surface area contributed by atoms with Gasteiger partial charge in [-0.25, -0.2) is 8.42 Å². The van der Waals surface area contributed by atoms with Gasteiger partial charge in [-0.15, -0.1) is 0 Å². The average Bonchev–Trinajstić information content (AvgIpc) is 2.78. The minimum atomic E-state index is -3.73. The van der Waals surface area contributed by atoms with Crippen molar-refractivity contribution in [2.75, 3.05) is 4.72 Å². The van der Waals surface area contributed by atoms with Crippen LogP contribution in [0.1, 0.15) is 16.1 Å². The second kappa shape index (κ2) is 8.34. The number of nitrogens with zero attached hydrogens (tertiary/aromatic N) is 1. The van der Waals surface area contributed by atoms with Gasteiger partial charge in [-0.1, -0.05) is 60.7 Å². The first kappa shape index (κ1) is 19.6. The molecule has 0 aliphatic heterocycles. The van der Waals surface area contributed by atoms with Crippen LogP contribution in [0.2, 0.25) is 0 Å². The fraction of sp³-hybridized carbons (Fsp3) is 0.0435. The second-order valence-corrected chi connectivity index (χ2v) is 8.32. The van der Waals surface area contributed by atoms with Gasteiger partial charge in [0.05, 0.1) is 10.6 Å². The van der Waals surface area contributed by atoms with Crippen LogP contribution in [0.3, 0.4) is 0 Å². The molecule has 4 aromatic rings. The Kier molecular flexibility index (Phi) is 5.45. The molecule has 0 atom stereocenters. The van der Waals surface area contributed by atoms with Gasteiger partial charge in [0.25, 0.3) is 15.9 Å². The second-order valence-electron chi connectivity index (χ2n) is 6.64. The summed E-state index contributed by atoms with van der Waals surface area (Å²) in [5.41, 5.74) is 1.38. The van der Waals surface area contributed by atoms with Crippen LogP contribution in [0.4, 0.5) is 5.69 Å². The minimum absolute atomic E-state index is 0.150. The highest BCUT2D eigenvalue weighted by atomic mass is 32.2. The molecule has 30 heavy (non-hydrogen) atoms. The Morgan fingerprint density at radius 2 is 1.53 bits per heavy atom. The van der Waals surface area contributed by atoms with Gasteiger partial charge in [-0.2, -0.15) is 0 Å². The number of nitrogens with one attached hydrogen (secondary N) is 2. The third kappa shape index (κ3) is 4.16. The van der Waals surface area contributed by atoms with Crippen LogP contribution in [0.15, 0.2) is 96.0 Å². The molecule has 6 nitrogen and oxygen atoms in total. The predicted octanol–water partition coefficient (Wildman–Crippen LogP) is 3.97. The van der Waals surface area contributed by atoms with E-state index in [4.69, 9.17) is 0 Å². The third-order valence-corrected chi connectivity index (χ3v) is 6.02. The summed E-state index contributed by atoms with van der Waals surface area (Å²) in [5, 5.41) is 4.52. The Morgan fingerprint density at radius 1 is 0.833 bits per heavy atom. The molecule has 0 spiro atoms. The first-order valence-electron chi connectivity index (χ1n) is 9.32. The normalized spacial score (nSPS) is 11.2. The number of sulfonamides is 1. The molecule has 0 aliphatic rings. The van der Waals surface area contributed by atoms with E-state index in [9.17, 15) is 13.2 Å². The highest BCUT2D eigenvalue weighted by molar-refractivity contribution is 7.92. The molecule has 1 amide bonds. The van der Waals surface area contributed by atoms with Crippen molar-refractivity contribution in [2.24, 2.45) is 0 Å². The van der Waals surface area contributed by atoms with E-state index in [1.165, 1.54) is 12.1 Å². The minimum Gasteiger partial charge on any atom is -0.347 e. The van der Waals surface area contributed by atoms with E-state index in [0.717, 1.165) is 10.8 Å². The fourth-order valence-corrected chi connectivity index (χ4v) is 4.26. The zero-order valence-electron chi connectivity index (χ0n) is 15.9. The summed E-state index contributed by atoms with van der Waals surface area (Å²) >= 11 is 0. The highest BCUT2D eigenvalue weighted by Gasteiger charge is 2.16. The lowest BCUT2D eigenvalue weighted by molar-refractivity contribution is 0.0948. The van der Waals surface area contributed by atoms with Gasteiger partial charge < -0.3 is 5.32 Å². The number of hydrogen-bond acceptors (Lipinski definition) is 4. The standard InChI is InChI=1S/C23H19N3O3S/c27-23(22-20-12-6-4-8-17(20)14-15-24-22)25-16-18-9-5-7-13-21(18)26-30(28,29)19-10-2-1-3-11-19/h1-15,26H,16H2,(H,25,27). The van der Waals surface area contributed by atoms with Crippen molar-refractivity contribution in [1.29, 1.82) is 0 Å². The van der Waals surface area contributed by atoms with Crippen LogP contribution < -0.4 is 10.0 Å². The molecule has 3 aromatic carbocycles. The van der Waals surface area contributed by atoms with Crippen LogP contribution in [0.5, 0.6) is 0 Å².